The molecule has 2 heterocycles. The molecular formula is C22H26N6. The van der Waals surface area contributed by atoms with E-state index in [0.29, 0.717) is 0 Å². The van der Waals surface area contributed by atoms with Crippen molar-refractivity contribution in [3.63, 3.8) is 0 Å². The van der Waals surface area contributed by atoms with E-state index in [9.17, 15) is 0 Å². The van der Waals surface area contributed by atoms with Crippen molar-refractivity contribution < 1.29 is 0 Å². The van der Waals surface area contributed by atoms with E-state index < -0.39 is 0 Å². The van der Waals surface area contributed by atoms with Crippen molar-refractivity contribution >= 4 is 11.4 Å². The van der Waals surface area contributed by atoms with Gasteiger partial charge in [-0.25, -0.2) is 0 Å². The van der Waals surface area contributed by atoms with Crippen molar-refractivity contribution in [2.75, 3.05) is 27.4 Å². The molecule has 28 heavy (non-hydrogen) atoms. The predicted molar refractivity (Wildman–Crippen MR) is 112 cm³/mol. The molecule has 2 aliphatic rings. The maximum absolute atomic E-state index is 4.37. The molecule has 0 bridgehead atoms. The fraction of sp³-hybridized carbons (Fsp3) is 0.273. The van der Waals surface area contributed by atoms with E-state index in [1.165, 1.54) is 11.1 Å². The molecule has 0 radical (unpaired) electrons. The largest absolute Gasteiger partial charge is 0.362 e. The molecule has 2 aromatic rings. The fourth-order valence-corrected chi connectivity index (χ4v) is 3.30. The fourth-order valence-electron chi connectivity index (χ4n) is 3.30. The molecule has 0 N–H and O–H groups in total. The molecule has 0 unspecified atom stereocenters. The normalized spacial score (nSPS) is 16.2. The Morgan fingerprint density at radius 3 is 1.32 bits per heavy atom. The minimum absolute atomic E-state index is 0.868. The van der Waals surface area contributed by atoms with E-state index in [2.05, 4.69) is 93.0 Å². The van der Waals surface area contributed by atoms with Gasteiger partial charge in [0.2, 0.25) is 0 Å². The zero-order valence-corrected chi connectivity index (χ0v) is 16.4. The van der Waals surface area contributed by atoms with Gasteiger partial charge in [-0.15, -0.1) is 0 Å². The first-order valence-electron chi connectivity index (χ1n) is 9.49. The number of hydrogen-bond donors (Lipinski definition) is 0. The second-order valence-corrected chi connectivity index (χ2v) is 7.42. The Hall–Kier alpha value is -3.28. The van der Waals surface area contributed by atoms with Gasteiger partial charge in [-0.1, -0.05) is 24.3 Å². The molecule has 0 aliphatic carbocycles. The Labute approximate surface area is 166 Å². The lowest BCUT2D eigenvalue weighted by atomic mass is 10.2. The van der Waals surface area contributed by atoms with Crippen LogP contribution >= 0.6 is 0 Å². The van der Waals surface area contributed by atoms with Crippen LogP contribution in [0, 0.1) is 0 Å². The van der Waals surface area contributed by atoms with E-state index in [1.807, 2.05) is 24.3 Å². The minimum Gasteiger partial charge on any atom is -0.362 e. The van der Waals surface area contributed by atoms with Crippen LogP contribution in [0.15, 0.2) is 83.6 Å². The smallest absolute Gasteiger partial charge is 0.0894 e. The van der Waals surface area contributed by atoms with E-state index in [0.717, 1.165) is 37.8 Å². The van der Waals surface area contributed by atoms with Crippen LogP contribution in [-0.4, -0.2) is 47.0 Å². The highest BCUT2D eigenvalue weighted by atomic mass is 15.3. The third-order valence-electron chi connectivity index (χ3n) is 4.80. The maximum Gasteiger partial charge on any atom is 0.0894 e. The molecule has 0 aromatic heterocycles. The van der Waals surface area contributed by atoms with Gasteiger partial charge in [-0.2, -0.15) is 10.2 Å². The Balaban J connectivity index is 1.31. The van der Waals surface area contributed by atoms with Gasteiger partial charge in [0.15, 0.2) is 0 Å². The molecule has 0 fully saturated rings. The molecule has 6 nitrogen and oxygen atoms in total. The molecule has 2 aliphatic heterocycles. The quantitative estimate of drug-likeness (QED) is 0.700. The van der Waals surface area contributed by atoms with Crippen LogP contribution in [0.2, 0.25) is 0 Å². The minimum atomic E-state index is 0.868. The second kappa shape index (κ2) is 8.17. The third-order valence-corrected chi connectivity index (χ3v) is 4.80. The first-order chi connectivity index (χ1) is 13.6. The van der Waals surface area contributed by atoms with Gasteiger partial charge >= 0.3 is 0 Å². The maximum atomic E-state index is 4.37. The van der Waals surface area contributed by atoms with Crippen molar-refractivity contribution in [2.24, 2.45) is 10.2 Å². The van der Waals surface area contributed by atoms with Crippen LogP contribution in [-0.2, 0) is 13.1 Å². The number of rotatable bonds is 6. The van der Waals surface area contributed by atoms with Crippen molar-refractivity contribution in [3.8, 4) is 0 Å². The van der Waals surface area contributed by atoms with Crippen LogP contribution in [0.4, 0.5) is 11.4 Å². The Morgan fingerprint density at radius 1 is 0.607 bits per heavy atom. The predicted octanol–water partition coefficient (Wildman–Crippen LogP) is 4.45. The summed E-state index contributed by atoms with van der Waals surface area (Å²) < 4.78 is 0. The van der Waals surface area contributed by atoms with Gasteiger partial charge in [0.1, 0.15) is 0 Å². The summed E-state index contributed by atoms with van der Waals surface area (Å²) in [5.41, 5.74) is 4.27. The van der Waals surface area contributed by atoms with E-state index in [1.54, 1.807) is 0 Å². The first kappa shape index (κ1) is 18.1. The van der Waals surface area contributed by atoms with Gasteiger partial charge < -0.3 is 19.6 Å². The van der Waals surface area contributed by atoms with Gasteiger partial charge in [0, 0.05) is 52.0 Å². The first-order valence-corrected chi connectivity index (χ1v) is 9.49. The second-order valence-electron chi connectivity index (χ2n) is 7.42. The highest BCUT2D eigenvalue weighted by molar-refractivity contribution is 5.42. The molecule has 4 rings (SSSR count). The van der Waals surface area contributed by atoms with Crippen LogP contribution in [0.25, 0.3) is 0 Å². The molecule has 0 spiro atoms. The Morgan fingerprint density at radius 2 is 1.00 bits per heavy atom. The zero-order valence-electron chi connectivity index (χ0n) is 16.4. The molecule has 144 valence electrons. The standard InChI is InChI=1S/C22H26N6/c1-25-11-13-27(17-25)15-19-3-7-21(8-4-19)23-24-22-9-5-20(6-10-22)16-28-14-12-26(2)18-28/h3-14H,15-18H2,1-2H3/b24-23+. The van der Waals surface area contributed by atoms with Crippen molar-refractivity contribution in [2.45, 2.75) is 13.1 Å². The van der Waals surface area contributed by atoms with Crippen LogP contribution < -0.4 is 0 Å². The molecule has 0 atom stereocenters. The van der Waals surface area contributed by atoms with Crippen LogP contribution in [0.1, 0.15) is 11.1 Å². The van der Waals surface area contributed by atoms with Crippen molar-refractivity contribution in [1.29, 1.82) is 0 Å². The molecule has 6 heteroatoms. The van der Waals surface area contributed by atoms with Gasteiger partial charge in [0.05, 0.1) is 24.7 Å². The number of benzene rings is 2. The Kier molecular flexibility index (Phi) is 5.28. The zero-order chi connectivity index (χ0) is 19.3. The van der Waals surface area contributed by atoms with Gasteiger partial charge in [-0.05, 0) is 35.4 Å². The summed E-state index contributed by atoms with van der Waals surface area (Å²) in [7, 11) is 4.16. The van der Waals surface area contributed by atoms with Crippen LogP contribution in [0.3, 0.4) is 0 Å². The summed E-state index contributed by atoms with van der Waals surface area (Å²) in [4.78, 5) is 8.87. The van der Waals surface area contributed by atoms with Gasteiger partial charge in [0.25, 0.3) is 0 Å². The molecule has 0 saturated carbocycles. The lowest BCUT2D eigenvalue weighted by Crippen LogP contribution is -2.21. The van der Waals surface area contributed by atoms with E-state index in [4.69, 9.17) is 0 Å². The summed E-state index contributed by atoms with van der Waals surface area (Å²) in [6.07, 6.45) is 8.42. The van der Waals surface area contributed by atoms with Crippen LogP contribution in [0.5, 0.6) is 0 Å². The summed E-state index contributed by atoms with van der Waals surface area (Å²) in [6.45, 7) is 3.67. The summed E-state index contributed by atoms with van der Waals surface area (Å²) in [5.74, 6) is 0. The highest BCUT2D eigenvalue weighted by Crippen LogP contribution is 2.21. The number of hydrogen-bond acceptors (Lipinski definition) is 6. The topological polar surface area (TPSA) is 37.7 Å². The number of nitrogens with zero attached hydrogens (tertiary/aromatic N) is 6. The number of azo groups is 1. The SMILES string of the molecule is CN1C=CN(Cc2ccc(/N=N/c3ccc(CN4C=CN(C)C4)cc3)cc2)C1. The third kappa shape index (κ3) is 4.71. The van der Waals surface area contributed by atoms with Gasteiger partial charge in [-0.3, -0.25) is 0 Å². The van der Waals surface area contributed by atoms with Crippen molar-refractivity contribution in [1.82, 2.24) is 19.6 Å². The summed E-state index contributed by atoms with van der Waals surface area (Å²) >= 11 is 0. The van der Waals surface area contributed by atoms with Crippen molar-refractivity contribution in [3.05, 3.63) is 84.5 Å². The average molecular weight is 374 g/mol. The molecule has 0 saturated heterocycles. The summed E-state index contributed by atoms with van der Waals surface area (Å²) in [6, 6.07) is 16.5. The Bertz CT molecular complexity index is 795. The lowest BCUT2D eigenvalue weighted by Gasteiger charge is -2.18. The molecule has 0 amide bonds. The van der Waals surface area contributed by atoms with E-state index >= 15 is 0 Å². The summed E-state index contributed by atoms with van der Waals surface area (Å²) in [5, 5.41) is 8.73. The molecule has 2 aromatic carbocycles. The van der Waals surface area contributed by atoms with E-state index in [-0.39, 0.29) is 0 Å². The molecular weight excluding hydrogens is 348 g/mol. The monoisotopic (exact) mass is 374 g/mol. The average Bonchev–Trinajstić information content (AvgIpc) is 3.30. The lowest BCUT2D eigenvalue weighted by molar-refractivity contribution is 0.291. The highest BCUT2D eigenvalue weighted by Gasteiger charge is 2.09.